The molecule has 108 valence electrons. The molecule has 1 aromatic heterocycles. The van der Waals surface area contributed by atoms with Crippen molar-refractivity contribution in [3.05, 3.63) is 53.2 Å². The van der Waals surface area contributed by atoms with Crippen LogP contribution in [0.25, 0.3) is 0 Å². The summed E-state index contributed by atoms with van der Waals surface area (Å²) >= 11 is 0. The summed E-state index contributed by atoms with van der Waals surface area (Å²) in [6.45, 7) is 0.798. The fourth-order valence-corrected chi connectivity index (χ4v) is 1.78. The Morgan fingerprint density at radius 1 is 1.20 bits per heavy atom. The average Bonchev–Trinajstić information content (AvgIpc) is 2.83. The van der Waals surface area contributed by atoms with Gasteiger partial charge in [0.2, 0.25) is 0 Å². The van der Waals surface area contributed by atoms with Crippen LogP contribution in [0.3, 0.4) is 0 Å². The van der Waals surface area contributed by atoms with Gasteiger partial charge in [-0.05, 0) is 24.7 Å². The highest BCUT2D eigenvalue weighted by atomic mass is 19.4. The van der Waals surface area contributed by atoms with Gasteiger partial charge in [-0.3, -0.25) is 0 Å². The van der Waals surface area contributed by atoms with Crippen LogP contribution in [0.2, 0.25) is 0 Å². The zero-order chi connectivity index (χ0) is 14.6. The zero-order valence-electron chi connectivity index (χ0n) is 11.0. The molecule has 3 nitrogen and oxygen atoms in total. The number of hydrogen-bond acceptors (Lipinski definition) is 3. The Morgan fingerprint density at radius 2 is 1.90 bits per heavy atom. The number of halogens is 3. The maximum absolute atomic E-state index is 12.4. The highest BCUT2D eigenvalue weighted by molar-refractivity contribution is 5.26. The first-order valence-electron chi connectivity index (χ1n) is 6.23. The molecule has 0 bridgehead atoms. The van der Waals surface area contributed by atoms with Gasteiger partial charge in [-0.2, -0.15) is 13.2 Å². The first kappa shape index (κ1) is 14.6. The first-order chi connectivity index (χ1) is 9.49. The molecule has 2 rings (SSSR count). The molecule has 0 aliphatic rings. The molecule has 1 N–H and O–H groups in total. The summed E-state index contributed by atoms with van der Waals surface area (Å²) in [6, 6.07) is 5.03. The summed E-state index contributed by atoms with van der Waals surface area (Å²) < 4.78 is 42.6. The van der Waals surface area contributed by atoms with Crippen molar-refractivity contribution in [2.45, 2.75) is 19.0 Å². The second-order valence-corrected chi connectivity index (χ2v) is 4.46. The van der Waals surface area contributed by atoms with Crippen molar-refractivity contribution in [3.8, 4) is 0 Å². The highest BCUT2D eigenvalue weighted by Crippen LogP contribution is 2.29. The predicted molar refractivity (Wildman–Crippen MR) is 68.4 cm³/mol. The Bertz CT molecular complexity index is 546. The van der Waals surface area contributed by atoms with Crippen molar-refractivity contribution >= 4 is 0 Å². The third-order valence-corrected chi connectivity index (χ3v) is 2.87. The summed E-state index contributed by atoms with van der Waals surface area (Å²) in [6.07, 6.45) is -1.58. The van der Waals surface area contributed by atoms with Crippen LogP contribution in [-0.2, 0) is 19.0 Å². The fraction of sp³-hybridized carbons (Fsp3) is 0.357. The van der Waals surface area contributed by atoms with Crippen LogP contribution in [-0.4, -0.2) is 18.6 Å². The fourth-order valence-electron chi connectivity index (χ4n) is 1.78. The van der Waals surface area contributed by atoms with Gasteiger partial charge in [0.25, 0.3) is 0 Å². The molecule has 0 atom stereocenters. The molecule has 1 aromatic carbocycles. The number of likely N-dealkylation sites (N-methyl/N-ethyl adjacent to an activating group) is 1. The summed E-state index contributed by atoms with van der Waals surface area (Å²) in [5.41, 5.74) is 0.921. The van der Waals surface area contributed by atoms with Crippen LogP contribution >= 0.6 is 0 Å². The van der Waals surface area contributed by atoms with Crippen molar-refractivity contribution in [2.75, 3.05) is 13.6 Å². The molecule has 0 fully saturated rings. The molecule has 0 unspecified atom stereocenters. The van der Waals surface area contributed by atoms with Crippen LogP contribution in [0.5, 0.6) is 0 Å². The lowest BCUT2D eigenvalue weighted by molar-refractivity contribution is -0.137. The number of aromatic nitrogens is 1. The molecule has 0 radical (unpaired) electrons. The van der Waals surface area contributed by atoms with Gasteiger partial charge in [-0.25, -0.2) is 4.98 Å². The van der Waals surface area contributed by atoms with E-state index < -0.39 is 11.7 Å². The van der Waals surface area contributed by atoms with Crippen LogP contribution in [0.4, 0.5) is 13.2 Å². The van der Waals surface area contributed by atoms with E-state index >= 15 is 0 Å². The quantitative estimate of drug-likeness (QED) is 0.917. The van der Waals surface area contributed by atoms with Crippen LogP contribution in [0.1, 0.15) is 22.7 Å². The minimum atomic E-state index is -4.30. The Labute approximate surface area is 114 Å². The van der Waals surface area contributed by atoms with E-state index in [0.29, 0.717) is 12.3 Å². The number of alkyl halides is 3. The van der Waals surface area contributed by atoms with Crippen LogP contribution in [0.15, 0.2) is 34.9 Å². The van der Waals surface area contributed by atoms with Gasteiger partial charge in [0, 0.05) is 19.4 Å². The summed E-state index contributed by atoms with van der Waals surface area (Å²) in [5, 5.41) is 3.01. The molecule has 6 heteroatoms. The van der Waals surface area contributed by atoms with Gasteiger partial charge >= 0.3 is 6.18 Å². The van der Waals surface area contributed by atoms with Gasteiger partial charge in [-0.15, -0.1) is 0 Å². The lowest BCUT2D eigenvalue weighted by Gasteiger charge is -2.06. The number of nitrogens with zero attached hydrogens (tertiary/aromatic N) is 1. The van der Waals surface area contributed by atoms with E-state index in [0.717, 1.165) is 36.4 Å². The third kappa shape index (κ3) is 3.84. The summed E-state index contributed by atoms with van der Waals surface area (Å²) in [4.78, 5) is 4.29. The highest BCUT2D eigenvalue weighted by Gasteiger charge is 2.29. The number of hydrogen-bond donors (Lipinski definition) is 1. The number of rotatable bonds is 5. The number of nitrogens with one attached hydrogen (secondary N) is 1. The Balaban J connectivity index is 2.01. The molecule has 1 heterocycles. The SMILES string of the molecule is CNCCc1coc(Cc2ccc(C(F)(F)F)cc2)n1. The smallest absolute Gasteiger partial charge is 0.416 e. The van der Waals surface area contributed by atoms with Gasteiger partial charge in [0.05, 0.1) is 11.3 Å². The van der Waals surface area contributed by atoms with Crippen LogP contribution in [0, 0.1) is 0 Å². The van der Waals surface area contributed by atoms with E-state index in [9.17, 15) is 13.2 Å². The Hall–Kier alpha value is -1.82. The predicted octanol–water partition coefficient (Wildman–Crippen LogP) is 3.05. The summed E-state index contributed by atoms with van der Waals surface area (Å²) in [7, 11) is 1.85. The van der Waals surface area contributed by atoms with Crippen molar-refractivity contribution in [1.82, 2.24) is 10.3 Å². The van der Waals surface area contributed by atoms with E-state index in [4.69, 9.17) is 4.42 Å². The lowest BCUT2D eigenvalue weighted by Crippen LogP contribution is -2.10. The molecule has 0 aliphatic heterocycles. The normalized spacial score (nSPS) is 11.8. The Kier molecular flexibility index (Phi) is 4.44. The Morgan fingerprint density at radius 3 is 2.50 bits per heavy atom. The van der Waals surface area contributed by atoms with Crippen molar-refractivity contribution in [1.29, 1.82) is 0 Å². The maximum atomic E-state index is 12.4. The van der Waals surface area contributed by atoms with Gasteiger partial charge in [0.1, 0.15) is 6.26 Å². The van der Waals surface area contributed by atoms with Crippen LogP contribution < -0.4 is 5.32 Å². The molecule has 20 heavy (non-hydrogen) atoms. The molecule has 0 aliphatic carbocycles. The minimum Gasteiger partial charge on any atom is -0.448 e. The van der Waals surface area contributed by atoms with E-state index in [1.54, 1.807) is 6.26 Å². The number of benzene rings is 1. The van der Waals surface area contributed by atoms with E-state index in [2.05, 4.69) is 10.3 Å². The van der Waals surface area contributed by atoms with Crippen molar-refractivity contribution in [3.63, 3.8) is 0 Å². The molecule has 0 amide bonds. The van der Waals surface area contributed by atoms with Crippen molar-refractivity contribution < 1.29 is 17.6 Å². The van der Waals surface area contributed by atoms with E-state index in [-0.39, 0.29) is 0 Å². The average molecular weight is 284 g/mol. The molecule has 0 saturated heterocycles. The topological polar surface area (TPSA) is 38.1 Å². The first-order valence-corrected chi connectivity index (χ1v) is 6.23. The largest absolute Gasteiger partial charge is 0.448 e. The summed E-state index contributed by atoms with van der Waals surface area (Å²) in [5.74, 6) is 0.510. The van der Waals surface area contributed by atoms with Gasteiger partial charge in [-0.1, -0.05) is 12.1 Å². The van der Waals surface area contributed by atoms with Crippen molar-refractivity contribution in [2.24, 2.45) is 0 Å². The molecule has 0 spiro atoms. The van der Waals surface area contributed by atoms with Gasteiger partial charge in [0.15, 0.2) is 5.89 Å². The molecular formula is C14H15F3N2O. The number of oxazole rings is 1. The molecular weight excluding hydrogens is 269 g/mol. The second-order valence-electron chi connectivity index (χ2n) is 4.46. The van der Waals surface area contributed by atoms with Gasteiger partial charge < -0.3 is 9.73 Å². The minimum absolute atomic E-state index is 0.387. The third-order valence-electron chi connectivity index (χ3n) is 2.87. The zero-order valence-corrected chi connectivity index (χ0v) is 11.0. The standard InChI is InChI=1S/C14H15F3N2O/c1-18-7-6-12-9-20-13(19-12)8-10-2-4-11(5-3-10)14(15,16)17/h2-5,9,18H,6-8H2,1H3. The molecule has 2 aromatic rings. The molecule has 0 saturated carbocycles. The lowest BCUT2D eigenvalue weighted by atomic mass is 10.1. The van der Waals surface area contributed by atoms with E-state index in [1.807, 2.05) is 7.05 Å². The maximum Gasteiger partial charge on any atom is 0.416 e. The van der Waals surface area contributed by atoms with E-state index in [1.165, 1.54) is 12.1 Å². The second kappa shape index (κ2) is 6.09. The monoisotopic (exact) mass is 284 g/mol.